The molecule has 0 fully saturated rings. The number of cyclic esters (lactones) is 1. The van der Waals surface area contributed by atoms with E-state index in [1.54, 1.807) is 18.2 Å². The summed E-state index contributed by atoms with van der Waals surface area (Å²) in [5.41, 5.74) is 2.37. The zero-order valence-corrected chi connectivity index (χ0v) is 6.91. The molecule has 1 aliphatic rings. The first-order valence-electron chi connectivity index (χ1n) is 3.96. The van der Waals surface area contributed by atoms with Gasteiger partial charge in [0.1, 0.15) is 6.61 Å². The van der Waals surface area contributed by atoms with Crippen molar-refractivity contribution in [3.8, 4) is 0 Å². The molecule has 0 atom stereocenters. The van der Waals surface area contributed by atoms with Crippen molar-refractivity contribution in [1.29, 1.82) is 0 Å². The minimum atomic E-state index is -0.442. The van der Waals surface area contributed by atoms with E-state index in [0.717, 1.165) is 16.8 Å². The lowest BCUT2D eigenvalue weighted by atomic mass is 10.1. The summed E-state index contributed by atoms with van der Waals surface area (Å²) >= 11 is 0. The summed E-state index contributed by atoms with van der Waals surface area (Å²) in [4.78, 5) is 10.8. The third kappa shape index (κ3) is 1.36. The number of carbonyl (C=O) groups is 1. The molecule has 1 amide bonds. The van der Waals surface area contributed by atoms with Gasteiger partial charge in [-0.2, -0.15) is 0 Å². The van der Waals surface area contributed by atoms with E-state index >= 15 is 0 Å². The van der Waals surface area contributed by atoms with Crippen molar-refractivity contribution >= 4 is 11.8 Å². The number of anilines is 1. The molecule has 0 spiro atoms. The summed E-state index contributed by atoms with van der Waals surface area (Å²) in [7, 11) is 0. The molecule has 68 valence electrons. The largest absolute Gasteiger partial charge is 0.444 e. The quantitative estimate of drug-likeness (QED) is 0.681. The van der Waals surface area contributed by atoms with Gasteiger partial charge in [-0.1, -0.05) is 12.1 Å². The highest BCUT2D eigenvalue weighted by Gasteiger charge is 2.17. The fourth-order valence-electron chi connectivity index (χ4n) is 1.35. The molecular weight excluding hydrogens is 170 g/mol. The lowest BCUT2D eigenvalue weighted by Crippen LogP contribution is -2.21. The Morgan fingerprint density at radius 3 is 3.15 bits per heavy atom. The molecule has 1 aliphatic heterocycles. The van der Waals surface area contributed by atoms with E-state index < -0.39 is 6.09 Å². The molecule has 4 heteroatoms. The Balaban J connectivity index is 2.45. The number of fused-ring (bicyclic) bond motifs is 1. The van der Waals surface area contributed by atoms with E-state index in [4.69, 9.17) is 9.84 Å². The normalized spacial score (nSPS) is 14.4. The van der Waals surface area contributed by atoms with Crippen LogP contribution < -0.4 is 5.32 Å². The number of carbonyl (C=O) groups excluding carboxylic acids is 1. The van der Waals surface area contributed by atoms with Gasteiger partial charge < -0.3 is 9.84 Å². The Kier molecular flexibility index (Phi) is 1.90. The van der Waals surface area contributed by atoms with Gasteiger partial charge >= 0.3 is 6.09 Å². The Morgan fingerprint density at radius 2 is 2.38 bits per heavy atom. The first-order valence-corrected chi connectivity index (χ1v) is 3.96. The molecule has 2 N–H and O–H groups in total. The molecule has 1 heterocycles. The number of nitrogens with one attached hydrogen (secondary N) is 1. The fourth-order valence-corrected chi connectivity index (χ4v) is 1.35. The second-order valence-corrected chi connectivity index (χ2v) is 2.80. The number of aliphatic hydroxyl groups excluding tert-OH is 1. The number of hydrogen-bond acceptors (Lipinski definition) is 3. The van der Waals surface area contributed by atoms with Crippen LogP contribution in [0.2, 0.25) is 0 Å². The van der Waals surface area contributed by atoms with Crippen molar-refractivity contribution in [2.45, 2.75) is 13.2 Å². The van der Waals surface area contributed by atoms with Crippen molar-refractivity contribution in [3.05, 3.63) is 29.3 Å². The number of ether oxygens (including phenoxy) is 1. The van der Waals surface area contributed by atoms with Crippen LogP contribution in [0.1, 0.15) is 11.1 Å². The standard InChI is InChI=1S/C9H9NO3/c11-4-6-2-1-3-8-7(6)5-13-9(12)10-8/h1-3,11H,4-5H2,(H,10,12). The molecule has 0 saturated heterocycles. The zero-order valence-electron chi connectivity index (χ0n) is 6.91. The lowest BCUT2D eigenvalue weighted by Gasteiger charge is -2.19. The predicted molar refractivity (Wildman–Crippen MR) is 46.2 cm³/mol. The minimum absolute atomic E-state index is 0.0393. The highest BCUT2D eigenvalue weighted by atomic mass is 16.5. The van der Waals surface area contributed by atoms with Gasteiger partial charge in [0, 0.05) is 5.56 Å². The first kappa shape index (κ1) is 8.07. The number of amides is 1. The van der Waals surface area contributed by atoms with Crippen LogP contribution in [0.15, 0.2) is 18.2 Å². The Labute approximate surface area is 75.1 Å². The second kappa shape index (κ2) is 3.06. The molecule has 0 radical (unpaired) electrons. The van der Waals surface area contributed by atoms with E-state index in [1.807, 2.05) is 0 Å². The molecule has 0 saturated carbocycles. The number of benzene rings is 1. The zero-order chi connectivity index (χ0) is 9.26. The Morgan fingerprint density at radius 1 is 1.54 bits per heavy atom. The van der Waals surface area contributed by atoms with Crippen molar-refractivity contribution in [3.63, 3.8) is 0 Å². The van der Waals surface area contributed by atoms with Gasteiger partial charge in [-0.25, -0.2) is 4.79 Å². The molecule has 1 aromatic carbocycles. The average Bonchev–Trinajstić information content (AvgIpc) is 2.16. The van der Waals surface area contributed by atoms with Crippen LogP contribution in [-0.2, 0) is 18.0 Å². The molecular formula is C9H9NO3. The highest BCUT2D eigenvalue weighted by molar-refractivity contribution is 5.87. The highest BCUT2D eigenvalue weighted by Crippen LogP contribution is 2.24. The number of rotatable bonds is 1. The summed E-state index contributed by atoms with van der Waals surface area (Å²) in [6, 6.07) is 5.38. The van der Waals surface area contributed by atoms with E-state index in [2.05, 4.69) is 5.32 Å². The van der Waals surface area contributed by atoms with E-state index in [0.29, 0.717) is 0 Å². The van der Waals surface area contributed by atoms with Gasteiger partial charge in [-0.15, -0.1) is 0 Å². The summed E-state index contributed by atoms with van der Waals surface area (Å²) < 4.78 is 4.79. The van der Waals surface area contributed by atoms with E-state index in [1.165, 1.54) is 0 Å². The van der Waals surface area contributed by atoms with Crippen LogP contribution in [0.4, 0.5) is 10.5 Å². The summed E-state index contributed by atoms with van der Waals surface area (Å²) in [6.07, 6.45) is -0.442. The van der Waals surface area contributed by atoms with Gasteiger partial charge in [0.05, 0.1) is 12.3 Å². The van der Waals surface area contributed by atoms with Crippen LogP contribution in [0.5, 0.6) is 0 Å². The maximum Gasteiger partial charge on any atom is 0.411 e. The van der Waals surface area contributed by atoms with E-state index in [9.17, 15) is 4.79 Å². The second-order valence-electron chi connectivity index (χ2n) is 2.80. The number of hydrogen-bond donors (Lipinski definition) is 2. The van der Waals surface area contributed by atoms with Crippen LogP contribution in [0, 0.1) is 0 Å². The molecule has 0 bridgehead atoms. The molecule has 4 nitrogen and oxygen atoms in total. The predicted octanol–water partition coefficient (Wildman–Crippen LogP) is 1.24. The van der Waals surface area contributed by atoms with Gasteiger partial charge in [-0.05, 0) is 11.6 Å². The average molecular weight is 179 g/mol. The van der Waals surface area contributed by atoms with Crippen LogP contribution in [-0.4, -0.2) is 11.2 Å². The monoisotopic (exact) mass is 179 g/mol. The third-order valence-electron chi connectivity index (χ3n) is 2.03. The summed E-state index contributed by atoms with van der Waals surface area (Å²) in [5, 5.41) is 11.6. The fraction of sp³-hybridized carbons (Fsp3) is 0.222. The maximum atomic E-state index is 10.8. The van der Waals surface area contributed by atoms with Crippen molar-refractivity contribution < 1.29 is 14.6 Å². The third-order valence-corrected chi connectivity index (χ3v) is 2.03. The molecule has 2 rings (SSSR count). The first-order chi connectivity index (χ1) is 6.31. The molecule has 13 heavy (non-hydrogen) atoms. The summed E-state index contributed by atoms with van der Waals surface area (Å²) in [6.45, 7) is 0.195. The topological polar surface area (TPSA) is 58.6 Å². The summed E-state index contributed by atoms with van der Waals surface area (Å²) in [5.74, 6) is 0. The van der Waals surface area contributed by atoms with E-state index in [-0.39, 0.29) is 13.2 Å². The number of aliphatic hydroxyl groups is 1. The van der Waals surface area contributed by atoms with Crippen molar-refractivity contribution in [2.75, 3.05) is 5.32 Å². The van der Waals surface area contributed by atoms with Crippen molar-refractivity contribution in [1.82, 2.24) is 0 Å². The van der Waals surface area contributed by atoms with Crippen LogP contribution in [0.25, 0.3) is 0 Å². The SMILES string of the molecule is O=C1Nc2cccc(CO)c2CO1. The van der Waals surface area contributed by atoms with Gasteiger partial charge in [0.25, 0.3) is 0 Å². The molecule has 0 unspecified atom stereocenters. The molecule has 0 aromatic heterocycles. The Hall–Kier alpha value is -1.55. The Bertz CT molecular complexity index is 349. The maximum absolute atomic E-state index is 10.8. The van der Waals surface area contributed by atoms with Crippen molar-refractivity contribution in [2.24, 2.45) is 0 Å². The molecule has 0 aliphatic carbocycles. The minimum Gasteiger partial charge on any atom is -0.444 e. The van der Waals surface area contributed by atoms with Crippen LogP contribution >= 0.6 is 0 Å². The van der Waals surface area contributed by atoms with Crippen LogP contribution in [0.3, 0.4) is 0 Å². The van der Waals surface area contributed by atoms with Gasteiger partial charge in [0.2, 0.25) is 0 Å². The molecule has 1 aromatic rings. The lowest BCUT2D eigenvalue weighted by molar-refractivity contribution is 0.150. The smallest absolute Gasteiger partial charge is 0.411 e. The van der Waals surface area contributed by atoms with Gasteiger partial charge in [-0.3, -0.25) is 5.32 Å². The van der Waals surface area contributed by atoms with Gasteiger partial charge in [0.15, 0.2) is 0 Å².